The third-order valence-corrected chi connectivity index (χ3v) is 5.17. The Kier molecular flexibility index (Phi) is 4.74. The summed E-state index contributed by atoms with van der Waals surface area (Å²) >= 11 is 3.75. The van der Waals surface area contributed by atoms with Crippen molar-refractivity contribution in [1.82, 2.24) is 4.90 Å². The Morgan fingerprint density at radius 2 is 2.47 bits per heavy atom. The number of thiophene rings is 1. The largest absolute Gasteiger partial charge is 0.450 e. The smallest absolute Gasteiger partial charge is 0.409 e. The van der Waals surface area contributed by atoms with Crippen LogP contribution in [0.5, 0.6) is 0 Å². The van der Waals surface area contributed by atoms with E-state index in [1.165, 1.54) is 4.88 Å². The van der Waals surface area contributed by atoms with Gasteiger partial charge in [-0.3, -0.25) is 0 Å². The molecule has 0 bridgehead atoms. The predicted octanol–water partition coefficient (Wildman–Crippen LogP) is 3.38. The van der Waals surface area contributed by atoms with Crippen molar-refractivity contribution in [3.63, 3.8) is 0 Å². The van der Waals surface area contributed by atoms with Crippen LogP contribution in [0.3, 0.4) is 0 Å². The molecule has 2 heterocycles. The van der Waals surface area contributed by atoms with Gasteiger partial charge in [-0.15, -0.1) is 11.3 Å². The molecule has 0 N–H and O–H groups in total. The fraction of sp³-hybridized carbons (Fsp3) is 0.583. The van der Waals surface area contributed by atoms with E-state index >= 15 is 0 Å². The summed E-state index contributed by atoms with van der Waals surface area (Å²) < 4.78 is 5.04. The van der Waals surface area contributed by atoms with Gasteiger partial charge in [0.05, 0.1) is 6.61 Å². The zero-order valence-corrected chi connectivity index (χ0v) is 11.6. The second-order valence-corrected chi connectivity index (χ2v) is 6.14. The SMILES string of the molecule is CCOC(=O)N1CCS[C@@H](c2cccs2)CC1. The molecule has 0 radical (unpaired) electrons. The maximum Gasteiger partial charge on any atom is 0.409 e. The molecule has 2 rings (SSSR count). The highest BCUT2D eigenvalue weighted by Crippen LogP contribution is 2.36. The zero-order valence-electron chi connectivity index (χ0n) is 9.93. The van der Waals surface area contributed by atoms with Crippen LogP contribution in [0.4, 0.5) is 4.79 Å². The van der Waals surface area contributed by atoms with Crippen LogP contribution in [0.1, 0.15) is 23.5 Å². The molecule has 1 aliphatic rings. The van der Waals surface area contributed by atoms with Crippen molar-refractivity contribution in [2.45, 2.75) is 18.6 Å². The second-order valence-electron chi connectivity index (χ2n) is 3.85. The van der Waals surface area contributed by atoms with Gasteiger partial charge in [-0.1, -0.05) is 6.07 Å². The minimum Gasteiger partial charge on any atom is -0.450 e. The Balaban J connectivity index is 1.91. The average Bonchev–Trinajstić information content (AvgIpc) is 2.74. The lowest BCUT2D eigenvalue weighted by Gasteiger charge is -2.18. The zero-order chi connectivity index (χ0) is 12.1. The number of rotatable bonds is 2. The number of ether oxygens (including phenoxy) is 1. The molecular weight excluding hydrogens is 254 g/mol. The van der Waals surface area contributed by atoms with Crippen molar-refractivity contribution < 1.29 is 9.53 Å². The second kappa shape index (κ2) is 6.31. The van der Waals surface area contributed by atoms with Crippen molar-refractivity contribution in [1.29, 1.82) is 0 Å². The molecule has 1 aromatic heterocycles. The quantitative estimate of drug-likeness (QED) is 0.826. The molecule has 0 spiro atoms. The van der Waals surface area contributed by atoms with Crippen molar-refractivity contribution in [3.8, 4) is 0 Å². The first-order valence-corrected chi connectivity index (χ1v) is 7.80. The van der Waals surface area contributed by atoms with Gasteiger partial charge in [0.1, 0.15) is 0 Å². The summed E-state index contributed by atoms with van der Waals surface area (Å²) in [5.74, 6) is 0.987. The summed E-state index contributed by atoms with van der Waals surface area (Å²) in [5, 5.41) is 2.65. The van der Waals surface area contributed by atoms with E-state index in [1.54, 1.807) is 11.3 Å². The molecule has 0 saturated carbocycles. The number of hydrogen-bond donors (Lipinski definition) is 0. The van der Waals surface area contributed by atoms with Gasteiger partial charge < -0.3 is 9.64 Å². The highest BCUT2D eigenvalue weighted by Gasteiger charge is 2.22. The van der Waals surface area contributed by atoms with Gasteiger partial charge in [-0.25, -0.2) is 4.79 Å². The van der Waals surface area contributed by atoms with Crippen LogP contribution >= 0.6 is 23.1 Å². The molecule has 1 atom stereocenters. The lowest BCUT2D eigenvalue weighted by Crippen LogP contribution is -2.33. The summed E-state index contributed by atoms with van der Waals surface area (Å²) in [5.41, 5.74) is 0. The Bertz CT molecular complexity index is 353. The topological polar surface area (TPSA) is 29.5 Å². The number of amides is 1. The molecule has 0 aliphatic carbocycles. The van der Waals surface area contributed by atoms with E-state index in [-0.39, 0.29) is 6.09 Å². The monoisotopic (exact) mass is 271 g/mol. The number of thioether (sulfide) groups is 1. The third-order valence-electron chi connectivity index (χ3n) is 2.73. The summed E-state index contributed by atoms with van der Waals surface area (Å²) in [6.45, 7) is 3.90. The van der Waals surface area contributed by atoms with Crippen molar-refractivity contribution in [3.05, 3.63) is 22.4 Å². The van der Waals surface area contributed by atoms with E-state index in [0.29, 0.717) is 11.9 Å². The Hall–Kier alpha value is -0.680. The summed E-state index contributed by atoms with van der Waals surface area (Å²) in [7, 11) is 0. The van der Waals surface area contributed by atoms with E-state index in [0.717, 1.165) is 25.3 Å². The lowest BCUT2D eigenvalue weighted by atomic mass is 10.2. The average molecular weight is 271 g/mol. The summed E-state index contributed by atoms with van der Waals surface area (Å²) in [6, 6.07) is 4.27. The molecule has 1 aromatic rings. The van der Waals surface area contributed by atoms with Gasteiger partial charge in [-0.05, 0) is 24.8 Å². The van der Waals surface area contributed by atoms with Crippen LogP contribution in [0.25, 0.3) is 0 Å². The molecule has 3 nitrogen and oxygen atoms in total. The number of carbonyl (C=O) groups is 1. The van der Waals surface area contributed by atoms with Gasteiger partial charge in [0.25, 0.3) is 0 Å². The van der Waals surface area contributed by atoms with Gasteiger partial charge in [0.15, 0.2) is 0 Å². The van der Waals surface area contributed by atoms with Crippen LogP contribution in [0.15, 0.2) is 17.5 Å². The van der Waals surface area contributed by atoms with Crippen molar-refractivity contribution in [2.24, 2.45) is 0 Å². The van der Waals surface area contributed by atoms with Crippen LogP contribution in [0, 0.1) is 0 Å². The maximum atomic E-state index is 11.6. The molecule has 0 unspecified atom stereocenters. The fourth-order valence-electron chi connectivity index (χ4n) is 1.87. The van der Waals surface area contributed by atoms with E-state index in [1.807, 2.05) is 23.6 Å². The van der Waals surface area contributed by atoms with Crippen LogP contribution < -0.4 is 0 Å². The number of nitrogens with zero attached hydrogens (tertiary/aromatic N) is 1. The molecule has 1 aliphatic heterocycles. The van der Waals surface area contributed by atoms with Crippen LogP contribution in [-0.2, 0) is 4.74 Å². The minimum absolute atomic E-state index is 0.167. The first-order chi connectivity index (χ1) is 8.31. The fourth-order valence-corrected chi connectivity index (χ4v) is 4.11. The molecule has 5 heteroatoms. The number of hydrogen-bond acceptors (Lipinski definition) is 4. The normalized spacial score (nSPS) is 21.0. The van der Waals surface area contributed by atoms with Crippen molar-refractivity contribution >= 4 is 29.2 Å². The summed E-state index contributed by atoms with van der Waals surface area (Å²) in [4.78, 5) is 14.9. The van der Waals surface area contributed by atoms with Gasteiger partial charge in [-0.2, -0.15) is 11.8 Å². The Labute approximate surface area is 110 Å². The van der Waals surface area contributed by atoms with Gasteiger partial charge in [0.2, 0.25) is 0 Å². The third kappa shape index (κ3) is 3.39. The van der Waals surface area contributed by atoms with E-state index in [9.17, 15) is 4.79 Å². The highest BCUT2D eigenvalue weighted by atomic mass is 32.2. The van der Waals surface area contributed by atoms with E-state index < -0.39 is 0 Å². The molecule has 0 aromatic carbocycles. The van der Waals surface area contributed by atoms with E-state index in [2.05, 4.69) is 17.5 Å². The van der Waals surface area contributed by atoms with Gasteiger partial charge in [0, 0.05) is 29.0 Å². The first-order valence-electron chi connectivity index (χ1n) is 5.88. The molecule has 1 saturated heterocycles. The minimum atomic E-state index is -0.167. The predicted molar refractivity (Wildman–Crippen MR) is 72.7 cm³/mol. The molecule has 17 heavy (non-hydrogen) atoms. The lowest BCUT2D eigenvalue weighted by molar-refractivity contribution is 0.110. The first kappa shape index (κ1) is 12.8. The Morgan fingerprint density at radius 3 is 3.18 bits per heavy atom. The Morgan fingerprint density at radius 1 is 1.59 bits per heavy atom. The van der Waals surface area contributed by atoms with Crippen molar-refractivity contribution in [2.75, 3.05) is 25.4 Å². The molecule has 94 valence electrons. The molecule has 1 amide bonds. The maximum absolute atomic E-state index is 11.6. The molecule has 1 fully saturated rings. The van der Waals surface area contributed by atoms with Crippen LogP contribution in [0.2, 0.25) is 0 Å². The van der Waals surface area contributed by atoms with Crippen LogP contribution in [-0.4, -0.2) is 36.4 Å². The van der Waals surface area contributed by atoms with Gasteiger partial charge >= 0.3 is 6.09 Å². The number of carbonyl (C=O) groups excluding carboxylic acids is 1. The highest BCUT2D eigenvalue weighted by molar-refractivity contribution is 7.99. The summed E-state index contributed by atoms with van der Waals surface area (Å²) in [6.07, 6.45) is 0.851. The standard InChI is InChI=1S/C12H17NO2S2/c1-2-15-12(14)13-6-5-11(17-9-7-13)10-4-3-8-16-10/h3-4,8,11H,2,5-7,9H2,1H3/t11-/m1/s1. The van der Waals surface area contributed by atoms with E-state index in [4.69, 9.17) is 4.74 Å². The molecular formula is C12H17NO2S2.